The summed E-state index contributed by atoms with van der Waals surface area (Å²) >= 11 is 0. The maximum atomic E-state index is 12.6. The molecule has 0 fully saturated rings. The maximum absolute atomic E-state index is 12.6. The average Bonchev–Trinajstić information content (AvgIpc) is 2.13. The second-order valence-electron chi connectivity index (χ2n) is 4.06. The van der Waals surface area contributed by atoms with Crippen molar-refractivity contribution >= 4 is 0 Å². The van der Waals surface area contributed by atoms with Crippen molar-refractivity contribution in [1.82, 2.24) is 0 Å². The number of hydrogen-bond acceptors (Lipinski definition) is 2. The smallest absolute Gasteiger partial charge is 0.395 e. The van der Waals surface area contributed by atoms with Crippen LogP contribution in [0.15, 0.2) is 0 Å². The molecule has 2 N–H and O–H groups in total. The van der Waals surface area contributed by atoms with E-state index in [2.05, 4.69) is 0 Å². The highest BCUT2D eigenvalue weighted by Gasteiger charge is 2.65. The predicted molar refractivity (Wildman–Crippen MR) is 42.9 cm³/mol. The fraction of sp³-hybridized carbons (Fsp3) is 1.00. The zero-order chi connectivity index (χ0) is 15.0. The molecule has 2 unspecified atom stereocenters. The highest BCUT2D eigenvalue weighted by Crippen LogP contribution is 2.46. The summed E-state index contributed by atoms with van der Waals surface area (Å²) in [6.45, 7) is -1.48. The van der Waals surface area contributed by atoms with E-state index in [0.717, 1.165) is 0 Å². The summed E-state index contributed by atoms with van der Waals surface area (Å²) in [5.41, 5.74) is -3.25. The minimum absolute atomic E-state index is 0.239. The Morgan fingerprint density at radius 1 is 0.889 bits per heavy atom. The Morgan fingerprint density at radius 3 is 1.50 bits per heavy atom. The van der Waals surface area contributed by atoms with E-state index in [-0.39, 0.29) is 6.92 Å². The third-order valence-corrected chi connectivity index (χ3v) is 2.47. The molecule has 0 saturated heterocycles. The summed E-state index contributed by atoms with van der Waals surface area (Å²) in [7, 11) is 0. The Labute approximate surface area is 96.2 Å². The molecular formula is C8H10F8O2. The highest BCUT2D eigenvalue weighted by atomic mass is 19.4. The van der Waals surface area contributed by atoms with Crippen LogP contribution in [0.4, 0.5) is 35.1 Å². The van der Waals surface area contributed by atoms with Crippen LogP contribution in [-0.4, -0.2) is 41.2 Å². The molecule has 0 saturated carbocycles. The standard InChI is InChI=1S/C8H10F8O2/c1-5(3-17,7(11,12)13)2-4(18)6(9,10)8(14,15)16/h4,17-18H,2-3H2,1H3. The first kappa shape index (κ1) is 17.4. The average molecular weight is 290 g/mol. The third kappa shape index (κ3) is 3.22. The fourth-order valence-corrected chi connectivity index (χ4v) is 1.01. The lowest BCUT2D eigenvalue weighted by atomic mass is 9.83. The largest absolute Gasteiger partial charge is 0.456 e. The number of halogens is 8. The molecule has 0 amide bonds. The first-order valence-corrected chi connectivity index (χ1v) is 4.49. The van der Waals surface area contributed by atoms with Crippen LogP contribution in [0.25, 0.3) is 0 Å². The highest BCUT2D eigenvalue weighted by molar-refractivity contribution is 4.92. The molecule has 2 nitrogen and oxygen atoms in total. The van der Waals surface area contributed by atoms with E-state index in [1.54, 1.807) is 0 Å². The van der Waals surface area contributed by atoms with Crippen LogP contribution in [0.3, 0.4) is 0 Å². The molecule has 0 aromatic rings. The van der Waals surface area contributed by atoms with Gasteiger partial charge >= 0.3 is 18.3 Å². The molecule has 0 spiro atoms. The van der Waals surface area contributed by atoms with E-state index >= 15 is 0 Å². The molecule has 0 aromatic heterocycles. The quantitative estimate of drug-likeness (QED) is 0.781. The van der Waals surface area contributed by atoms with Crippen LogP contribution in [0.1, 0.15) is 13.3 Å². The maximum Gasteiger partial charge on any atom is 0.456 e. The van der Waals surface area contributed by atoms with Crippen LogP contribution in [0.2, 0.25) is 0 Å². The molecule has 0 radical (unpaired) electrons. The second-order valence-corrected chi connectivity index (χ2v) is 4.06. The number of aliphatic hydroxyl groups excluding tert-OH is 2. The Bertz CT molecular complexity index is 284. The minimum atomic E-state index is -6.17. The fourth-order valence-electron chi connectivity index (χ4n) is 1.01. The van der Waals surface area contributed by atoms with E-state index < -0.39 is 42.8 Å². The lowest BCUT2D eigenvalue weighted by Gasteiger charge is -2.34. The van der Waals surface area contributed by atoms with Gasteiger partial charge in [0.1, 0.15) is 6.10 Å². The summed E-state index contributed by atoms with van der Waals surface area (Å²) in [4.78, 5) is 0. The molecule has 0 aliphatic rings. The topological polar surface area (TPSA) is 40.5 Å². The van der Waals surface area contributed by atoms with Gasteiger partial charge in [-0.05, 0) is 13.3 Å². The molecule has 10 heteroatoms. The van der Waals surface area contributed by atoms with Gasteiger partial charge in [0.2, 0.25) is 0 Å². The third-order valence-electron chi connectivity index (χ3n) is 2.47. The summed E-state index contributed by atoms with van der Waals surface area (Å²) in [6, 6.07) is 0. The minimum Gasteiger partial charge on any atom is -0.395 e. The van der Waals surface area contributed by atoms with Gasteiger partial charge in [-0.1, -0.05) is 0 Å². The van der Waals surface area contributed by atoms with Gasteiger partial charge < -0.3 is 10.2 Å². The number of rotatable bonds is 4. The molecule has 0 aliphatic carbocycles. The zero-order valence-corrected chi connectivity index (χ0v) is 8.91. The van der Waals surface area contributed by atoms with Gasteiger partial charge in [0.25, 0.3) is 0 Å². The van der Waals surface area contributed by atoms with Crippen molar-refractivity contribution in [3.63, 3.8) is 0 Å². The molecule has 110 valence electrons. The SMILES string of the molecule is CC(CO)(CC(O)C(F)(F)C(F)(F)F)C(F)(F)F. The van der Waals surface area contributed by atoms with Crippen molar-refractivity contribution in [3.05, 3.63) is 0 Å². The van der Waals surface area contributed by atoms with Crippen molar-refractivity contribution < 1.29 is 45.3 Å². The molecule has 0 heterocycles. The Hall–Kier alpha value is -0.640. The van der Waals surface area contributed by atoms with E-state index in [9.17, 15) is 35.1 Å². The van der Waals surface area contributed by atoms with Gasteiger partial charge in [-0.25, -0.2) is 0 Å². The van der Waals surface area contributed by atoms with E-state index in [4.69, 9.17) is 10.2 Å². The molecule has 0 aromatic carbocycles. The van der Waals surface area contributed by atoms with Crippen LogP contribution >= 0.6 is 0 Å². The van der Waals surface area contributed by atoms with Crippen molar-refractivity contribution in [2.24, 2.45) is 5.41 Å². The monoisotopic (exact) mass is 290 g/mol. The van der Waals surface area contributed by atoms with Gasteiger partial charge in [-0.3, -0.25) is 0 Å². The van der Waals surface area contributed by atoms with Crippen molar-refractivity contribution in [3.8, 4) is 0 Å². The van der Waals surface area contributed by atoms with Gasteiger partial charge in [-0.15, -0.1) is 0 Å². The van der Waals surface area contributed by atoms with Crippen molar-refractivity contribution in [1.29, 1.82) is 0 Å². The molecule has 0 aliphatic heterocycles. The van der Waals surface area contributed by atoms with Crippen LogP contribution in [0.5, 0.6) is 0 Å². The van der Waals surface area contributed by atoms with E-state index in [1.165, 1.54) is 0 Å². The van der Waals surface area contributed by atoms with E-state index in [1.807, 2.05) is 0 Å². The first-order chi connectivity index (χ1) is 7.69. The summed E-state index contributed by atoms with van der Waals surface area (Å²) < 4.78 is 97.6. The van der Waals surface area contributed by atoms with Gasteiger partial charge in [0.15, 0.2) is 0 Å². The Kier molecular flexibility index (Phi) is 4.63. The number of aliphatic hydroxyl groups is 2. The molecule has 0 bridgehead atoms. The van der Waals surface area contributed by atoms with Gasteiger partial charge in [-0.2, -0.15) is 35.1 Å². The van der Waals surface area contributed by atoms with Gasteiger partial charge in [0, 0.05) is 0 Å². The van der Waals surface area contributed by atoms with Crippen molar-refractivity contribution in [2.45, 2.75) is 37.7 Å². The second kappa shape index (κ2) is 4.80. The summed E-state index contributed by atoms with van der Waals surface area (Å²) in [5, 5.41) is 17.1. The van der Waals surface area contributed by atoms with E-state index in [0.29, 0.717) is 0 Å². The summed E-state index contributed by atoms with van der Waals surface area (Å²) in [5.74, 6) is -5.69. The van der Waals surface area contributed by atoms with Crippen LogP contribution in [0, 0.1) is 5.41 Å². The zero-order valence-electron chi connectivity index (χ0n) is 8.91. The lowest BCUT2D eigenvalue weighted by molar-refractivity contribution is -0.324. The Balaban J connectivity index is 5.12. The van der Waals surface area contributed by atoms with Crippen LogP contribution < -0.4 is 0 Å². The lowest BCUT2D eigenvalue weighted by Crippen LogP contribution is -2.51. The first-order valence-electron chi connectivity index (χ1n) is 4.49. The van der Waals surface area contributed by atoms with Gasteiger partial charge in [0.05, 0.1) is 12.0 Å². The number of hydrogen-bond donors (Lipinski definition) is 2. The molecule has 2 atom stereocenters. The van der Waals surface area contributed by atoms with Crippen LogP contribution in [-0.2, 0) is 0 Å². The normalized spacial score (nSPS) is 19.5. The summed E-state index contributed by atoms with van der Waals surface area (Å²) in [6.07, 6.45) is -17.0. The molecular weight excluding hydrogens is 280 g/mol. The number of alkyl halides is 8. The predicted octanol–water partition coefficient (Wildman–Crippen LogP) is 2.50. The molecule has 18 heavy (non-hydrogen) atoms. The van der Waals surface area contributed by atoms with Crippen molar-refractivity contribution in [2.75, 3.05) is 6.61 Å². The Morgan fingerprint density at radius 2 is 1.28 bits per heavy atom. The molecule has 0 rings (SSSR count).